The summed E-state index contributed by atoms with van der Waals surface area (Å²) in [5.41, 5.74) is 1.08. The van der Waals surface area contributed by atoms with Gasteiger partial charge >= 0.3 is 0 Å². The molecule has 0 saturated heterocycles. The topological polar surface area (TPSA) is 89.2 Å². The Morgan fingerprint density at radius 3 is 2.66 bits per heavy atom. The third-order valence-corrected chi connectivity index (χ3v) is 5.72. The minimum Gasteiger partial charge on any atom is -0.493 e. The van der Waals surface area contributed by atoms with Gasteiger partial charge in [-0.25, -0.2) is 0 Å². The number of nitrogens with zero attached hydrogens (tertiary/aromatic N) is 1. The molecule has 2 heterocycles. The number of unbranched alkanes of at least 4 members (excludes halogenated alkanes) is 2. The largest absolute Gasteiger partial charge is 0.493 e. The molecule has 1 aromatic heterocycles. The molecule has 7 heteroatoms. The summed E-state index contributed by atoms with van der Waals surface area (Å²) in [5, 5.41) is 10.00. The Balaban J connectivity index is 1.79. The molecule has 0 radical (unpaired) electrons. The van der Waals surface area contributed by atoms with Crippen LogP contribution in [-0.2, 0) is 0 Å². The SMILES string of the molecule is CCCCCOc1ccc([C@@H]2c3c(oc4ccccc4c3=O)C(=O)N2CCO)cc1OC. The first-order valence-corrected chi connectivity index (χ1v) is 10.9. The first-order valence-electron chi connectivity index (χ1n) is 10.9. The number of ether oxygens (including phenoxy) is 2. The predicted molar refractivity (Wildman–Crippen MR) is 120 cm³/mol. The number of rotatable bonds is 9. The number of aliphatic hydroxyl groups excluding tert-OH is 1. The van der Waals surface area contributed by atoms with Crippen LogP contribution in [0.5, 0.6) is 11.5 Å². The zero-order valence-corrected chi connectivity index (χ0v) is 18.3. The number of amides is 1. The third kappa shape index (κ3) is 3.84. The Hall–Kier alpha value is -3.32. The van der Waals surface area contributed by atoms with E-state index in [9.17, 15) is 14.7 Å². The predicted octanol–water partition coefficient (Wildman–Crippen LogP) is 3.91. The lowest BCUT2D eigenvalue weighted by Crippen LogP contribution is -2.32. The highest BCUT2D eigenvalue weighted by Crippen LogP contribution is 2.40. The van der Waals surface area contributed by atoms with Gasteiger partial charge in [0.05, 0.1) is 37.3 Å². The van der Waals surface area contributed by atoms with Gasteiger partial charge in [0.15, 0.2) is 16.9 Å². The van der Waals surface area contributed by atoms with E-state index in [-0.39, 0.29) is 29.9 Å². The first-order chi connectivity index (χ1) is 15.6. The van der Waals surface area contributed by atoms with Crippen LogP contribution in [0.15, 0.2) is 51.7 Å². The summed E-state index contributed by atoms with van der Waals surface area (Å²) < 4.78 is 17.3. The molecule has 1 amide bonds. The van der Waals surface area contributed by atoms with Crippen LogP contribution < -0.4 is 14.9 Å². The van der Waals surface area contributed by atoms with Crippen LogP contribution in [-0.4, -0.2) is 42.8 Å². The van der Waals surface area contributed by atoms with Gasteiger partial charge < -0.3 is 23.9 Å². The van der Waals surface area contributed by atoms with E-state index < -0.39 is 11.9 Å². The summed E-state index contributed by atoms with van der Waals surface area (Å²) in [6.07, 6.45) is 3.14. The van der Waals surface area contributed by atoms with Crippen LogP contribution in [0.3, 0.4) is 0 Å². The molecule has 168 valence electrons. The lowest BCUT2D eigenvalue weighted by Gasteiger charge is -2.25. The number of carbonyl (C=O) groups is 1. The standard InChI is InChI=1S/C25H27NO6/c1-3-4-7-14-31-19-11-10-16(15-20(19)30-2)22-21-23(28)17-8-5-6-9-18(17)32-24(21)25(29)26(22)12-13-27/h5-6,8-11,15,22,27H,3-4,7,12-14H2,1-2H3/t22-/m1/s1. The van der Waals surface area contributed by atoms with Crippen molar-refractivity contribution in [3.05, 3.63) is 69.6 Å². The lowest BCUT2D eigenvalue weighted by atomic mass is 9.98. The zero-order valence-electron chi connectivity index (χ0n) is 18.3. The van der Waals surface area contributed by atoms with Gasteiger partial charge in [-0.05, 0) is 36.2 Å². The fourth-order valence-corrected chi connectivity index (χ4v) is 4.16. The smallest absolute Gasteiger partial charge is 0.290 e. The molecule has 2 aromatic carbocycles. The maximum atomic E-state index is 13.4. The van der Waals surface area contributed by atoms with Crippen molar-refractivity contribution in [1.82, 2.24) is 4.90 Å². The van der Waals surface area contributed by atoms with Gasteiger partial charge in [0, 0.05) is 6.54 Å². The quantitative estimate of drug-likeness (QED) is 0.511. The molecule has 0 aliphatic carbocycles. The molecule has 32 heavy (non-hydrogen) atoms. The third-order valence-electron chi connectivity index (χ3n) is 5.72. The van der Waals surface area contributed by atoms with Crippen molar-refractivity contribution in [3.63, 3.8) is 0 Å². The molecule has 3 aromatic rings. The summed E-state index contributed by atoms with van der Waals surface area (Å²) in [5.74, 6) is 0.733. The summed E-state index contributed by atoms with van der Waals surface area (Å²) in [6.45, 7) is 2.55. The number of methoxy groups -OCH3 is 1. The van der Waals surface area contributed by atoms with E-state index in [1.807, 2.05) is 6.07 Å². The van der Waals surface area contributed by atoms with Crippen LogP contribution in [0.25, 0.3) is 11.0 Å². The van der Waals surface area contributed by atoms with E-state index >= 15 is 0 Å². The van der Waals surface area contributed by atoms with Gasteiger partial charge in [0.1, 0.15) is 5.58 Å². The normalized spacial score (nSPS) is 15.3. The molecule has 0 unspecified atom stereocenters. The molecule has 0 fully saturated rings. The molecule has 1 aliphatic heterocycles. The van der Waals surface area contributed by atoms with Crippen molar-refractivity contribution in [3.8, 4) is 11.5 Å². The number of para-hydroxylation sites is 1. The molecule has 0 saturated carbocycles. The summed E-state index contributed by atoms with van der Waals surface area (Å²) in [4.78, 5) is 27.9. The fraction of sp³-hybridized carbons (Fsp3) is 0.360. The van der Waals surface area contributed by atoms with Gasteiger partial charge in [-0.3, -0.25) is 9.59 Å². The number of benzene rings is 2. The van der Waals surface area contributed by atoms with Crippen LogP contribution in [0.1, 0.15) is 53.9 Å². The Bertz CT molecular complexity index is 1180. The first kappa shape index (κ1) is 21.9. The van der Waals surface area contributed by atoms with E-state index in [4.69, 9.17) is 13.9 Å². The molecule has 1 N–H and O–H groups in total. The van der Waals surface area contributed by atoms with Crippen LogP contribution in [0, 0.1) is 0 Å². The van der Waals surface area contributed by atoms with Crippen molar-refractivity contribution in [1.29, 1.82) is 0 Å². The van der Waals surface area contributed by atoms with Gasteiger partial charge in [0.25, 0.3) is 5.91 Å². The molecule has 1 aliphatic rings. The van der Waals surface area contributed by atoms with Crippen molar-refractivity contribution < 1.29 is 23.8 Å². The number of carbonyl (C=O) groups excluding carboxylic acids is 1. The average Bonchev–Trinajstić information content (AvgIpc) is 3.09. The van der Waals surface area contributed by atoms with Crippen LogP contribution in [0.4, 0.5) is 0 Å². The summed E-state index contributed by atoms with van der Waals surface area (Å²) in [7, 11) is 1.55. The van der Waals surface area contributed by atoms with E-state index in [0.717, 1.165) is 19.3 Å². The fourth-order valence-electron chi connectivity index (χ4n) is 4.16. The maximum absolute atomic E-state index is 13.4. The van der Waals surface area contributed by atoms with Crippen LogP contribution in [0.2, 0.25) is 0 Å². The Morgan fingerprint density at radius 2 is 1.91 bits per heavy atom. The van der Waals surface area contributed by atoms with E-state index in [0.29, 0.717) is 34.6 Å². The number of aliphatic hydroxyl groups is 1. The van der Waals surface area contributed by atoms with E-state index in [2.05, 4.69) is 6.92 Å². The van der Waals surface area contributed by atoms with Crippen molar-refractivity contribution in [2.75, 3.05) is 26.9 Å². The van der Waals surface area contributed by atoms with Gasteiger partial charge in [-0.1, -0.05) is 38.0 Å². The van der Waals surface area contributed by atoms with E-state index in [1.165, 1.54) is 4.90 Å². The second kappa shape index (κ2) is 9.44. The van der Waals surface area contributed by atoms with Crippen molar-refractivity contribution >= 4 is 16.9 Å². The van der Waals surface area contributed by atoms with Gasteiger partial charge in [-0.2, -0.15) is 0 Å². The minimum absolute atomic E-state index is 0.0195. The van der Waals surface area contributed by atoms with Crippen LogP contribution >= 0.6 is 0 Å². The highest BCUT2D eigenvalue weighted by molar-refractivity contribution is 5.99. The number of hydrogen-bond donors (Lipinski definition) is 1. The molecule has 0 bridgehead atoms. The Morgan fingerprint density at radius 1 is 1.09 bits per heavy atom. The molecule has 0 spiro atoms. The second-order valence-corrected chi connectivity index (χ2v) is 7.76. The highest BCUT2D eigenvalue weighted by atomic mass is 16.5. The van der Waals surface area contributed by atoms with Gasteiger partial charge in [-0.15, -0.1) is 0 Å². The molecular formula is C25H27NO6. The molecule has 7 nitrogen and oxygen atoms in total. The monoisotopic (exact) mass is 437 g/mol. The zero-order chi connectivity index (χ0) is 22.7. The average molecular weight is 437 g/mol. The molecular weight excluding hydrogens is 410 g/mol. The Kier molecular flexibility index (Phi) is 6.46. The number of β-amino-alcohol motifs (C(OH)–C–C–N with tert-alkyl or cyclic N) is 1. The summed E-state index contributed by atoms with van der Waals surface area (Å²) in [6, 6.07) is 11.6. The highest BCUT2D eigenvalue weighted by Gasteiger charge is 2.42. The Labute approximate surface area is 186 Å². The molecule has 4 rings (SSSR count). The van der Waals surface area contributed by atoms with Crippen molar-refractivity contribution in [2.45, 2.75) is 32.2 Å². The number of fused-ring (bicyclic) bond motifs is 2. The lowest BCUT2D eigenvalue weighted by molar-refractivity contribution is 0.0691. The minimum atomic E-state index is -0.687. The summed E-state index contributed by atoms with van der Waals surface area (Å²) >= 11 is 0. The van der Waals surface area contributed by atoms with E-state index in [1.54, 1.807) is 43.5 Å². The number of hydrogen-bond acceptors (Lipinski definition) is 6. The second-order valence-electron chi connectivity index (χ2n) is 7.76. The van der Waals surface area contributed by atoms with Gasteiger partial charge in [0.2, 0.25) is 5.76 Å². The maximum Gasteiger partial charge on any atom is 0.290 e. The molecule has 1 atom stereocenters. The van der Waals surface area contributed by atoms with Crippen molar-refractivity contribution in [2.24, 2.45) is 0 Å².